The minimum Gasteiger partial charge on any atom is -0.379 e. The molecule has 5 heteroatoms. The van der Waals surface area contributed by atoms with E-state index in [1.54, 1.807) is 6.92 Å². The Morgan fingerprint density at radius 2 is 1.73 bits per heavy atom. The zero-order chi connectivity index (χ0) is 11.8. The first-order valence-corrected chi connectivity index (χ1v) is 4.25. The number of halogens is 4. The van der Waals surface area contributed by atoms with Crippen LogP contribution in [0.3, 0.4) is 0 Å². The van der Waals surface area contributed by atoms with Crippen LogP contribution in [0.25, 0.3) is 0 Å². The van der Waals surface area contributed by atoms with Gasteiger partial charge in [0, 0.05) is 5.56 Å². The Labute approximate surface area is 84.3 Å². The summed E-state index contributed by atoms with van der Waals surface area (Å²) in [4.78, 5) is 0. The van der Waals surface area contributed by atoms with Crippen molar-refractivity contribution in [3.8, 4) is 0 Å². The van der Waals surface area contributed by atoms with Crippen LogP contribution in [0.1, 0.15) is 22.8 Å². The van der Waals surface area contributed by atoms with Gasteiger partial charge >= 0.3 is 6.18 Å². The lowest BCUT2D eigenvalue weighted by Crippen LogP contribution is -2.22. The third-order valence-corrected chi connectivity index (χ3v) is 2.06. The largest absolute Gasteiger partial charge is 0.418 e. The number of hydrogen-bond donors (Lipinski definition) is 1. The molecule has 1 nitrogen and oxygen atoms in total. The van der Waals surface area contributed by atoms with Gasteiger partial charge in [0.2, 0.25) is 0 Å². The monoisotopic (exact) mass is 222 g/mol. The molecule has 0 heterocycles. The van der Waals surface area contributed by atoms with Gasteiger partial charge in [-0.2, -0.15) is 13.2 Å². The summed E-state index contributed by atoms with van der Waals surface area (Å²) in [6.45, 7) is 2.90. The van der Waals surface area contributed by atoms with Crippen LogP contribution in [0, 0.1) is 19.7 Å². The molecule has 1 unspecified atom stereocenters. The first kappa shape index (κ1) is 12.0. The van der Waals surface area contributed by atoms with E-state index in [2.05, 4.69) is 0 Å². The second-order valence-electron chi connectivity index (χ2n) is 3.42. The van der Waals surface area contributed by atoms with Crippen LogP contribution in [0.2, 0.25) is 0 Å². The quantitative estimate of drug-likeness (QED) is 0.724. The molecule has 1 aromatic rings. The number of alkyl halides is 3. The van der Waals surface area contributed by atoms with Gasteiger partial charge in [0.25, 0.3) is 0 Å². The fraction of sp³-hybridized carbons (Fsp3) is 0.400. The highest BCUT2D eigenvalue weighted by Gasteiger charge is 2.41. The summed E-state index contributed by atoms with van der Waals surface area (Å²) in [5, 5.41) is 8.94. The number of hydrogen-bond acceptors (Lipinski definition) is 1. The van der Waals surface area contributed by atoms with E-state index in [-0.39, 0.29) is 5.56 Å². The van der Waals surface area contributed by atoms with Crippen LogP contribution in [0.5, 0.6) is 0 Å². The van der Waals surface area contributed by atoms with Crippen molar-refractivity contribution in [3.05, 3.63) is 34.6 Å². The summed E-state index contributed by atoms with van der Waals surface area (Å²) < 4.78 is 49.8. The fourth-order valence-electron chi connectivity index (χ4n) is 1.44. The zero-order valence-corrected chi connectivity index (χ0v) is 8.19. The van der Waals surface area contributed by atoms with Crippen molar-refractivity contribution in [1.29, 1.82) is 0 Å². The lowest BCUT2D eigenvalue weighted by atomic mass is 10.00. The minimum atomic E-state index is -4.85. The molecule has 1 rings (SSSR count). The van der Waals surface area contributed by atoms with Gasteiger partial charge in [-0.1, -0.05) is 6.07 Å². The molecule has 0 saturated carbocycles. The van der Waals surface area contributed by atoms with Crippen molar-refractivity contribution in [1.82, 2.24) is 0 Å². The van der Waals surface area contributed by atoms with Gasteiger partial charge in [0.1, 0.15) is 5.82 Å². The van der Waals surface area contributed by atoms with Gasteiger partial charge in [-0.25, -0.2) is 4.39 Å². The Morgan fingerprint density at radius 3 is 2.13 bits per heavy atom. The molecule has 0 aliphatic rings. The second kappa shape index (κ2) is 3.81. The fourth-order valence-corrected chi connectivity index (χ4v) is 1.44. The van der Waals surface area contributed by atoms with Crippen LogP contribution in [-0.2, 0) is 0 Å². The molecule has 0 bridgehead atoms. The van der Waals surface area contributed by atoms with Gasteiger partial charge in [-0.05, 0) is 31.0 Å². The third kappa shape index (κ3) is 2.47. The van der Waals surface area contributed by atoms with E-state index in [0.717, 1.165) is 6.07 Å². The molecule has 0 radical (unpaired) electrons. The third-order valence-electron chi connectivity index (χ3n) is 2.06. The number of aliphatic hydroxyl groups is 1. The van der Waals surface area contributed by atoms with E-state index in [4.69, 9.17) is 5.11 Å². The van der Waals surface area contributed by atoms with Gasteiger partial charge in [-0.15, -0.1) is 0 Å². The van der Waals surface area contributed by atoms with Crippen molar-refractivity contribution < 1.29 is 22.7 Å². The molecule has 0 aliphatic heterocycles. The van der Waals surface area contributed by atoms with Crippen LogP contribution in [0.4, 0.5) is 17.6 Å². The highest BCUT2D eigenvalue weighted by molar-refractivity contribution is 5.34. The number of aliphatic hydroxyl groups excluding tert-OH is 1. The normalized spacial score (nSPS) is 14.1. The minimum absolute atomic E-state index is 0.0947. The molecular formula is C10H10F4O. The predicted octanol–water partition coefficient (Wildman–Crippen LogP) is 3.04. The Kier molecular flexibility index (Phi) is 3.04. The van der Waals surface area contributed by atoms with Crippen LogP contribution in [-0.4, -0.2) is 11.3 Å². The van der Waals surface area contributed by atoms with Gasteiger partial charge in [0.05, 0.1) is 0 Å². The van der Waals surface area contributed by atoms with Crippen LogP contribution < -0.4 is 0 Å². The average Bonchev–Trinajstić information content (AvgIpc) is 1.99. The van der Waals surface area contributed by atoms with Gasteiger partial charge < -0.3 is 5.11 Å². The van der Waals surface area contributed by atoms with Crippen LogP contribution in [0.15, 0.2) is 12.1 Å². The maximum atomic E-state index is 13.2. The van der Waals surface area contributed by atoms with Crippen molar-refractivity contribution in [2.45, 2.75) is 26.1 Å². The lowest BCUT2D eigenvalue weighted by molar-refractivity contribution is -0.207. The molecule has 0 saturated heterocycles. The number of aryl methyl sites for hydroxylation is 2. The molecule has 0 fully saturated rings. The highest BCUT2D eigenvalue weighted by Crippen LogP contribution is 2.35. The van der Waals surface area contributed by atoms with Crippen molar-refractivity contribution >= 4 is 0 Å². The molecule has 0 amide bonds. The number of rotatable bonds is 1. The molecule has 15 heavy (non-hydrogen) atoms. The molecule has 1 N–H and O–H groups in total. The summed E-state index contributed by atoms with van der Waals surface area (Å²) in [7, 11) is 0. The number of benzene rings is 1. The Bertz CT molecular complexity index is 347. The lowest BCUT2D eigenvalue weighted by Gasteiger charge is -2.18. The molecule has 0 spiro atoms. The van der Waals surface area contributed by atoms with E-state index < -0.39 is 23.7 Å². The molecule has 0 aromatic heterocycles. The summed E-state index contributed by atoms with van der Waals surface area (Å²) in [6, 6.07) is 2.37. The zero-order valence-electron chi connectivity index (χ0n) is 8.19. The summed E-state index contributed by atoms with van der Waals surface area (Å²) >= 11 is 0. The van der Waals surface area contributed by atoms with E-state index in [9.17, 15) is 17.6 Å². The average molecular weight is 222 g/mol. The van der Waals surface area contributed by atoms with E-state index in [0.29, 0.717) is 5.56 Å². The van der Waals surface area contributed by atoms with E-state index in [1.807, 2.05) is 0 Å². The van der Waals surface area contributed by atoms with Crippen molar-refractivity contribution in [3.63, 3.8) is 0 Å². The van der Waals surface area contributed by atoms with Crippen LogP contribution >= 0.6 is 0 Å². The topological polar surface area (TPSA) is 20.2 Å². The van der Waals surface area contributed by atoms with Gasteiger partial charge in [-0.3, -0.25) is 0 Å². The molecule has 1 aromatic carbocycles. The first-order valence-electron chi connectivity index (χ1n) is 4.25. The summed E-state index contributed by atoms with van der Waals surface area (Å²) in [5.41, 5.74) is -0.0893. The molecular weight excluding hydrogens is 212 g/mol. The second-order valence-corrected chi connectivity index (χ2v) is 3.42. The molecule has 1 atom stereocenters. The Hall–Kier alpha value is -1.10. The predicted molar refractivity (Wildman–Crippen MR) is 46.9 cm³/mol. The Morgan fingerprint density at radius 1 is 1.20 bits per heavy atom. The van der Waals surface area contributed by atoms with E-state index >= 15 is 0 Å². The first-order chi connectivity index (χ1) is 6.73. The van der Waals surface area contributed by atoms with Crippen molar-refractivity contribution in [2.75, 3.05) is 0 Å². The Balaban J connectivity index is 3.26. The van der Waals surface area contributed by atoms with E-state index in [1.165, 1.54) is 13.0 Å². The standard InChI is InChI=1S/C10H10F4O/c1-5-3-6(2)8(7(11)4-5)9(15)10(12,13)14/h3-4,9,15H,1-2H3. The molecule has 0 aliphatic carbocycles. The molecule has 84 valence electrons. The highest BCUT2D eigenvalue weighted by atomic mass is 19.4. The smallest absolute Gasteiger partial charge is 0.379 e. The maximum absolute atomic E-state index is 13.2. The van der Waals surface area contributed by atoms with Gasteiger partial charge in [0.15, 0.2) is 6.10 Å². The SMILES string of the molecule is Cc1cc(C)c(C(O)C(F)(F)F)c(F)c1. The summed E-state index contributed by atoms with van der Waals surface area (Å²) in [5.74, 6) is -1.03. The summed E-state index contributed by atoms with van der Waals surface area (Å²) in [6.07, 6.45) is -7.61. The van der Waals surface area contributed by atoms with Crippen molar-refractivity contribution in [2.24, 2.45) is 0 Å². The maximum Gasteiger partial charge on any atom is 0.418 e.